The summed E-state index contributed by atoms with van der Waals surface area (Å²) in [5, 5.41) is 12.2. The van der Waals surface area contributed by atoms with Crippen LogP contribution in [-0.2, 0) is 4.79 Å². The molecular weight excluding hydrogens is 348 g/mol. The van der Waals surface area contributed by atoms with E-state index in [-0.39, 0.29) is 17.5 Å². The normalized spacial score (nSPS) is 18.4. The van der Waals surface area contributed by atoms with Gasteiger partial charge in [0.25, 0.3) is 5.91 Å². The van der Waals surface area contributed by atoms with E-state index in [2.05, 4.69) is 41.9 Å². The van der Waals surface area contributed by atoms with Crippen molar-refractivity contribution < 1.29 is 4.79 Å². The van der Waals surface area contributed by atoms with Gasteiger partial charge in [-0.15, -0.1) is 0 Å². The molecule has 5 heteroatoms. The third-order valence-electron chi connectivity index (χ3n) is 6.01. The molecule has 1 rings (SSSR count). The van der Waals surface area contributed by atoms with E-state index in [1.807, 2.05) is 0 Å². The van der Waals surface area contributed by atoms with Gasteiger partial charge in [-0.2, -0.15) is 5.11 Å². The van der Waals surface area contributed by atoms with E-state index in [1.165, 1.54) is 64.2 Å². The lowest BCUT2D eigenvalue weighted by Crippen LogP contribution is -2.59. The molecule has 0 aromatic rings. The second-order valence-corrected chi connectivity index (χ2v) is 8.56. The van der Waals surface area contributed by atoms with Crippen LogP contribution in [0.4, 0.5) is 0 Å². The number of carbonyl (C=O) groups is 1. The molecule has 2 N–H and O–H groups in total. The zero-order chi connectivity index (χ0) is 20.5. The summed E-state index contributed by atoms with van der Waals surface area (Å²) in [5.41, 5.74) is 2.25. The molecule has 0 aromatic heterocycles. The molecule has 0 fully saturated rings. The van der Waals surface area contributed by atoms with E-state index in [1.54, 1.807) is 0 Å². The Labute approximate surface area is 173 Å². The van der Waals surface area contributed by atoms with Crippen LogP contribution in [0, 0.1) is 0 Å². The average Bonchev–Trinajstić information content (AvgIpc) is 2.69. The van der Waals surface area contributed by atoms with Crippen LogP contribution in [0.25, 0.3) is 0 Å². The van der Waals surface area contributed by atoms with Crippen molar-refractivity contribution in [1.29, 1.82) is 0 Å². The Balaban J connectivity index is 2.65. The van der Waals surface area contributed by atoms with Crippen LogP contribution >= 0.6 is 0 Å². The van der Waals surface area contributed by atoms with E-state index in [9.17, 15) is 4.79 Å². The van der Waals surface area contributed by atoms with E-state index < -0.39 is 0 Å². The second-order valence-electron chi connectivity index (χ2n) is 8.56. The topological polar surface area (TPSA) is 65.8 Å². The first kappa shape index (κ1) is 25.1. The maximum absolute atomic E-state index is 12.6. The van der Waals surface area contributed by atoms with Crippen LogP contribution in [0.15, 0.2) is 10.3 Å². The van der Waals surface area contributed by atoms with E-state index in [0.29, 0.717) is 0 Å². The lowest BCUT2D eigenvalue weighted by atomic mass is 9.79. The molecule has 28 heavy (non-hydrogen) atoms. The van der Waals surface area contributed by atoms with Gasteiger partial charge in [-0.25, -0.2) is 5.43 Å². The lowest BCUT2D eigenvalue weighted by Gasteiger charge is -2.38. The molecule has 1 unspecified atom stereocenters. The van der Waals surface area contributed by atoms with Crippen molar-refractivity contribution in [3.05, 3.63) is 0 Å². The summed E-state index contributed by atoms with van der Waals surface area (Å²) in [4.78, 5) is 12.6. The summed E-state index contributed by atoms with van der Waals surface area (Å²) in [6.45, 7) is 7.56. The summed E-state index contributed by atoms with van der Waals surface area (Å²) in [6.07, 6.45) is 19.3. The molecule has 164 valence electrons. The van der Waals surface area contributed by atoms with Gasteiger partial charge in [0, 0.05) is 0 Å². The molecule has 1 atom stereocenters. The first-order valence-corrected chi connectivity index (χ1v) is 12.1. The minimum atomic E-state index is -0.356. The number of hydrogen-bond donors (Lipinski definition) is 2. The molecular formula is C23H46N4O. The highest BCUT2D eigenvalue weighted by atomic mass is 16.2. The van der Waals surface area contributed by atoms with E-state index >= 15 is 0 Å². The van der Waals surface area contributed by atoms with Crippen molar-refractivity contribution in [3.63, 3.8) is 0 Å². The fourth-order valence-electron chi connectivity index (χ4n) is 4.18. The largest absolute Gasteiger partial charge is 0.304 e. The Bertz CT molecular complexity index is 409. The Hall–Kier alpha value is -0.970. The Morgan fingerprint density at radius 2 is 1.29 bits per heavy atom. The van der Waals surface area contributed by atoms with Gasteiger partial charge in [0.1, 0.15) is 11.6 Å². The van der Waals surface area contributed by atoms with Crippen LogP contribution in [0.3, 0.4) is 0 Å². The summed E-state index contributed by atoms with van der Waals surface area (Å²) >= 11 is 0. The number of nitrogens with zero attached hydrogens (tertiary/aromatic N) is 2. The first-order chi connectivity index (χ1) is 13.7. The highest BCUT2D eigenvalue weighted by Crippen LogP contribution is 2.33. The summed E-state index contributed by atoms with van der Waals surface area (Å²) in [5.74, 6) is 0.00284. The SMILES string of the molecule is CCCCCCCCC1(CCCCCCCC)N=NNC(=O)C1NCCCC. The van der Waals surface area contributed by atoms with Crippen molar-refractivity contribution in [2.75, 3.05) is 6.54 Å². The molecule has 0 saturated heterocycles. The van der Waals surface area contributed by atoms with Gasteiger partial charge in [0.05, 0.1) is 0 Å². The van der Waals surface area contributed by atoms with Crippen molar-refractivity contribution in [2.24, 2.45) is 10.3 Å². The van der Waals surface area contributed by atoms with Crippen LogP contribution in [0.5, 0.6) is 0 Å². The molecule has 0 bridgehead atoms. The Morgan fingerprint density at radius 3 is 1.82 bits per heavy atom. The number of unbranched alkanes of at least 4 members (excludes halogenated alkanes) is 11. The van der Waals surface area contributed by atoms with Gasteiger partial charge in [0.2, 0.25) is 0 Å². The van der Waals surface area contributed by atoms with Gasteiger partial charge >= 0.3 is 0 Å². The highest BCUT2D eigenvalue weighted by Gasteiger charge is 2.44. The third kappa shape index (κ3) is 9.49. The van der Waals surface area contributed by atoms with Crippen molar-refractivity contribution in [2.45, 2.75) is 135 Å². The molecule has 1 heterocycles. The standard InChI is InChI=1S/C23H46N4O/c1-4-7-10-12-14-16-18-23(19-17-15-13-11-8-5-2)21(24-20-9-6-3)22(28)25-27-26-23/h21,24H,4-20H2,1-3H3,(H,25,26,28). The number of nitrogens with one attached hydrogen (secondary N) is 2. The number of carbonyl (C=O) groups excluding carboxylic acids is 1. The zero-order valence-electron chi connectivity index (χ0n) is 18.9. The van der Waals surface area contributed by atoms with Crippen molar-refractivity contribution >= 4 is 5.91 Å². The fourth-order valence-corrected chi connectivity index (χ4v) is 4.18. The molecule has 0 radical (unpaired) electrons. The average molecular weight is 395 g/mol. The predicted octanol–water partition coefficient (Wildman–Crippen LogP) is 6.48. The van der Waals surface area contributed by atoms with Crippen LogP contribution in [0.1, 0.15) is 124 Å². The van der Waals surface area contributed by atoms with Gasteiger partial charge in [-0.05, 0) is 25.8 Å². The molecule has 0 saturated carbocycles. The van der Waals surface area contributed by atoms with Gasteiger partial charge in [-0.3, -0.25) is 4.79 Å². The Kier molecular flexibility index (Phi) is 14.2. The minimum absolute atomic E-state index is 0.00284. The van der Waals surface area contributed by atoms with Gasteiger partial charge in [0.15, 0.2) is 0 Å². The zero-order valence-corrected chi connectivity index (χ0v) is 18.9. The molecule has 5 nitrogen and oxygen atoms in total. The summed E-state index contributed by atoms with van der Waals surface area (Å²) in [7, 11) is 0. The number of rotatable bonds is 18. The molecule has 0 aliphatic carbocycles. The fraction of sp³-hybridized carbons (Fsp3) is 0.957. The molecule has 0 spiro atoms. The smallest absolute Gasteiger partial charge is 0.261 e. The predicted molar refractivity (Wildman–Crippen MR) is 118 cm³/mol. The first-order valence-electron chi connectivity index (χ1n) is 12.1. The van der Waals surface area contributed by atoms with E-state index in [4.69, 9.17) is 0 Å². The number of hydrogen-bond acceptors (Lipinski definition) is 4. The highest BCUT2D eigenvalue weighted by molar-refractivity contribution is 5.83. The molecule has 0 aromatic carbocycles. The molecule has 1 amide bonds. The molecule has 1 aliphatic heterocycles. The lowest BCUT2D eigenvalue weighted by molar-refractivity contribution is -0.126. The van der Waals surface area contributed by atoms with Crippen molar-refractivity contribution in [3.8, 4) is 0 Å². The van der Waals surface area contributed by atoms with Crippen LogP contribution < -0.4 is 10.7 Å². The van der Waals surface area contributed by atoms with Gasteiger partial charge in [-0.1, -0.05) is 109 Å². The Morgan fingerprint density at radius 1 is 0.786 bits per heavy atom. The quantitative estimate of drug-likeness (QED) is 0.261. The summed E-state index contributed by atoms with van der Waals surface area (Å²) < 4.78 is 0. The second kappa shape index (κ2) is 15.9. The monoisotopic (exact) mass is 394 g/mol. The molecule has 1 aliphatic rings. The number of amides is 1. The third-order valence-corrected chi connectivity index (χ3v) is 6.01. The summed E-state index contributed by atoms with van der Waals surface area (Å²) in [6, 6.07) is -0.233. The maximum atomic E-state index is 12.6. The van der Waals surface area contributed by atoms with Crippen LogP contribution in [-0.4, -0.2) is 24.0 Å². The van der Waals surface area contributed by atoms with Crippen LogP contribution in [0.2, 0.25) is 0 Å². The van der Waals surface area contributed by atoms with Gasteiger partial charge < -0.3 is 5.32 Å². The van der Waals surface area contributed by atoms with Crippen molar-refractivity contribution in [1.82, 2.24) is 10.7 Å². The maximum Gasteiger partial charge on any atom is 0.261 e. The minimum Gasteiger partial charge on any atom is -0.304 e. The van der Waals surface area contributed by atoms with E-state index in [0.717, 1.165) is 45.1 Å².